The molecule has 0 unspecified atom stereocenters. The van der Waals surface area contributed by atoms with Crippen molar-refractivity contribution in [2.75, 3.05) is 0 Å². The molecule has 0 spiro atoms. The summed E-state index contributed by atoms with van der Waals surface area (Å²) in [5.74, 6) is -0.344. The summed E-state index contributed by atoms with van der Waals surface area (Å²) >= 11 is 6.09. The lowest BCUT2D eigenvalue weighted by Gasteiger charge is -2.06. The number of nitrogens with one attached hydrogen (secondary N) is 1. The van der Waals surface area contributed by atoms with Crippen LogP contribution in [0.3, 0.4) is 0 Å². The maximum Gasteiger partial charge on any atom is 0.272 e. The second kappa shape index (κ2) is 7.71. The van der Waals surface area contributed by atoms with Gasteiger partial charge in [-0.2, -0.15) is 5.10 Å². The lowest BCUT2D eigenvalue weighted by atomic mass is 10.1. The van der Waals surface area contributed by atoms with Gasteiger partial charge in [-0.15, -0.1) is 0 Å². The Balaban J connectivity index is 1.73. The summed E-state index contributed by atoms with van der Waals surface area (Å²) in [6.45, 7) is 0. The number of hydrazone groups is 1. The Morgan fingerprint density at radius 1 is 0.964 bits per heavy atom. The molecule has 0 aliphatic carbocycles. The van der Waals surface area contributed by atoms with Crippen molar-refractivity contribution in [2.45, 2.75) is 0 Å². The minimum absolute atomic E-state index is 0.344. The zero-order valence-electron chi connectivity index (χ0n) is 15.3. The second-order valence-electron chi connectivity index (χ2n) is 6.38. The molecule has 0 aliphatic rings. The molecular weight excluding hydrogens is 370 g/mol. The number of para-hydroxylation sites is 1. The SMILES string of the molecule is Cn1c(-c2ccccc2)c(/C=N/NC(=O)c2ccccc2Cl)c2ccccc21. The van der Waals surface area contributed by atoms with Crippen LogP contribution in [0.15, 0.2) is 84.0 Å². The Labute approximate surface area is 168 Å². The summed E-state index contributed by atoms with van der Waals surface area (Å²) in [6.07, 6.45) is 1.69. The number of hydrogen-bond acceptors (Lipinski definition) is 2. The molecule has 0 fully saturated rings. The van der Waals surface area contributed by atoms with Crippen LogP contribution in [0.2, 0.25) is 5.02 Å². The van der Waals surface area contributed by atoms with E-state index in [1.165, 1.54) is 0 Å². The third-order valence-electron chi connectivity index (χ3n) is 4.67. The Hall–Kier alpha value is -3.37. The average molecular weight is 388 g/mol. The van der Waals surface area contributed by atoms with Gasteiger partial charge in [0, 0.05) is 23.5 Å². The number of hydrogen-bond donors (Lipinski definition) is 1. The molecule has 3 aromatic carbocycles. The largest absolute Gasteiger partial charge is 0.343 e. The van der Waals surface area contributed by atoms with Gasteiger partial charge in [-0.1, -0.05) is 72.3 Å². The number of halogens is 1. The first-order valence-electron chi connectivity index (χ1n) is 8.87. The first kappa shape index (κ1) is 18.0. The van der Waals surface area contributed by atoms with Crippen LogP contribution in [0, 0.1) is 0 Å². The average Bonchev–Trinajstić information content (AvgIpc) is 3.01. The fourth-order valence-corrected chi connectivity index (χ4v) is 3.58. The lowest BCUT2D eigenvalue weighted by molar-refractivity contribution is 0.0955. The molecule has 28 heavy (non-hydrogen) atoms. The summed E-state index contributed by atoms with van der Waals surface area (Å²) in [7, 11) is 2.03. The Morgan fingerprint density at radius 2 is 1.64 bits per heavy atom. The van der Waals surface area contributed by atoms with Crippen LogP contribution < -0.4 is 5.43 Å². The topological polar surface area (TPSA) is 46.4 Å². The van der Waals surface area contributed by atoms with Crippen molar-refractivity contribution in [2.24, 2.45) is 12.1 Å². The third kappa shape index (κ3) is 3.30. The highest BCUT2D eigenvalue weighted by molar-refractivity contribution is 6.33. The maximum absolute atomic E-state index is 12.4. The molecule has 0 atom stereocenters. The molecule has 0 aliphatic heterocycles. The molecule has 4 rings (SSSR count). The van der Waals surface area contributed by atoms with Gasteiger partial charge in [0.2, 0.25) is 0 Å². The van der Waals surface area contributed by atoms with Crippen LogP contribution >= 0.6 is 11.6 Å². The Bertz CT molecular complexity index is 1180. The molecule has 1 heterocycles. The van der Waals surface area contributed by atoms with Gasteiger partial charge in [0.1, 0.15) is 0 Å². The number of aromatic nitrogens is 1. The molecule has 0 bridgehead atoms. The standard InChI is InChI=1S/C23H18ClN3O/c1-27-21-14-8-6-11-17(21)19(22(27)16-9-3-2-4-10-16)15-25-26-23(28)18-12-5-7-13-20(18)24/h2-15H,1H3,(H,26,28)/b25-15+. The molecule has 138 valence electrons. The highest BCUT2D eigenvalue weighted by Crippen LogP contribution is 2.31. The first-order chi connectivity index (χ1) is 13.7. The van der Waals surface area contributed by atoms with Gasteiger partial charge >= 0.3 is 0 Å². The lowest BCUT2D eigenvalue weighted by Crippen LogP contribution is -2.18. The quantitative estimate of drug-likeness (QED) is 0.376. The first-order valence-corrected chi connectivity index (χ1v) is 9.25. The van der Waals surface area contributed by atoms with E-state index in [4.69, 9.17) is 11.6 Å². The Kier molecular flexibility index (Phi) is 4.96. The van der Waals surface area contributed by atoms with E-state index < -0.39 is 0 Å². The van der Waals surface area contributed by atoms with E-state index in [9.17, 15) is 4.79 Å². The molecule has 1 amide bonds. The predicted octanol–water partition coefficient (Wildman–Crippen LogP) is 5.26. The third-order valence-corrected chi connectivity index (χ3v) is 5.00. The van der Waals surface area contributed by atoms with E-state index in [2.05, 4.69) is 39.4 Å². The zero-order chi connectivity index (χ0) is 19.5. The van der Waals surface area contributed by atoms with Gasteiger partial charge < -0.3 is 4.57 Å². The number of nitrogens with zero attached hydrogens (tertiary/aromatic N) is 2. The summed E-state index contributed by atoms with van der Waals surface area (Å²) in [6, 6.07) is 25.2. The summed E-state index contributed by atoms with van der Waals surface area (Å²) in [5, 5.41) is 5.68. The fraction of sp³-hybridized carbons (Fsp3) is 0.0435. The number of benzene rings is 3. The Morgan fingerprint density at radius 3 is 2.43 bits per heavy atom. The number of amides is 1. The van der Waals surface area contributed by atoms with E-state index in [-0.39, 0.29) is 5.91 Å². The van der Waals surface area contributed by atoms with Crippen molar-refractivity contribution in [3.05, 3.63) is 95.0 Å². The molecule has 4 nitrogen and oxygen atoms in total. The van der Waals surface area contributed by atoms with Crippen LogP contribution in [-0.2, 0) is 7.05 Å². The molecule has 5 heteroatoms. The number of rotatable bonds is 4. The monoisotopic (exact) mass is 387 g/mol. The minimum atomic E-state index is -0.344. The van der Waals surface area contributed by atoms with E-state index in [0.717, 1.165) is 27.7 Å². The van der Waals surface area contributed by atoms with Gasteiger partial charge in [-0.3, -0.25) is 4.79 Å². The normalized spacial score (nSPS) is 11.2. The molecular formula is C23H18ClN3O. The highest BCUT2D eigenvalue weighted by atomic mass is 35.5. The van der Waals surface area contributed by atoms with E-state index in [0.29, 0.717) is 10.6 Å². The second-order valence-corrected chi connectivity index (χ2v) is 6.79. The minimum Gasteiger partial charge on any atom is -0.343 e. The van der Waals surface area contributed by atoms with E-state index in [1.54, 1.807) is 30.5 Å². The molecule has 0 radical (unpaired) electrons. The van der Waals surface area contributed by atoms with E-state index >= 15 is 0 Å². The number of aryl methyl sites for hydroxylation is 1. The van der Waals surface area contributed by atoms with Crippen molar-refractivity contribution in [3.8, 4) is 11.3 Å². The number of fused-ring (bicyclic) bond motifs is 1. The van der Waals surface area contributed by atoms with Gasteiger partial charge in [0.15, 0.2) is 0 Å². The molecule has 1 N–H and O–H groups in total. The van der Waals surface area contributed by atoms with Crippen LogP contribution in [0.5, 0.6) is 0 Å². The molecule has 4 aromatic rings. The van der Waals surface area contributed by atoms with Crippen molar-refractivity contribution in [3.63, 3.8) is 0 Å². The molecule has 0 saturated heterocycles. The maximum atomic E-state index is 12.4. The number of carbonyl (C=O) groups is 1. The van der Waals surface area contributed by atoms with Crippen LogP contribution in [0.25, 0.3) is 22.2 Å². The van der Waals surface area contributed by atoms with Crippen LogP contribution in [0.4, 0.5) is 0 Å². The highest BCUT2D eigenvalue weighted by Gasteiger charge is 2.15. The zero-order valence-corrected chi connectivity index (χ0v) is 16.0. The molecule has 0 saturated carbocycles. The van der Waals surface area contributed by atoms with Gasteiger partial charge in [-0.25, -0.2) is 5.43 Å². The smallest absolute Gasteiger partial charge is 0.272 e. The van der Waals surface area contributed by atoms with Gasteiger partial charge in [-0.05, 0) is 23.8 Å². The summed E-state index contributed by atoms with van der Waals surface area (Å²) < 4.78 is 2.14. The summed E-state index contributed by atoms with van der Waals surface area (Å²) in [4.78, 5) is 12.4. The van der Waals surface area contributed by atoms with Crippen molar-refractivity contribution in [1.82, 2.24) is 9.99 Å². The van der Waals surface area contributed by atoms with Crippen LogP contribution in [0.1, 0.15) is 15.9 Å². The van der Waals surface area contributed by atoms with Gasteiger partial charge in [0.05, 0.1) is 22.5 Å². The van der Waals surface area contributed by atoms with Crippen LogP contribution in [-0.4, -0.2) is 16.7 Å². The van der Waals surface area contributed by atoms with E-state index in [1.807, 2.05) is 37.4 Å². The van der Waals surface area contributed by atoms with Crippen molar-refractivity contribution < 1.29 is 4.79 Å². The summed E-state index contributed by atoms with van der Waals surface area (Å²) in [5.41, 5.74) is 7.14. The van der Waals surface area contributed by atoms with Crippen molar-refractivity contribution >= 4 is 34.6 Å². The fourth-order valence-electron chi connectivity index (χ4n) is 3.36. The van der Waals surface area contributed by atoms with Gasteiger partial charge in [0.25, 0.3) is 5.91 Å². The van der Waals surface area contributed by atoms with Crippen molar-refractivity contribution in [1.29, 1.82) is 0 Å². The number of carbonyl (C=O) groups excluding carboxylic acids is 1. The predicted molar refractivity (Wildman–Crippen MR) is 115 cm³/mol. The molecule has 1 aromatic heterocycles.